The van der Waals surface area contributed by atoms with Crippen molar-refractivity contribution in [1.29, 1.82) is 0 Å². The van der Waals surface area contributed by atoms with Gasteiger partial charge in [-0.05, 0) is 24.5 Å². The van der Waals surface area contributed by atoms with Gasteiger partial charge < -0.3 is 4.74 Å². The summed E-state index contributed by atoms with van der Waals surface area (Å²) in [4.78, 5) is 13.2. The molecule has 0 saturated heterocycles. The van der Waals surface area contributed by atoms with Crippen molar-refractivity contribution >= 4 is 14.0 Å². The molecule has 24 heavy (non-hydrogen) atoms. The maximum absolute atomic E-state index is 13.2. The Kier molecular flexibility index (Phi) is 4.16. The molecule has 0 N–H and O–H groups in total. The van der Waals surface area contributed by atoms with Gasteiger partial charge in [-0.2, -0.15) is 0 Å². The van der Waals surface area contributed by atoms with Crippen molar-refractivity contribution in [3.05, 3.63) is 71.8 Å². The van der Waals surface area contributed by atoms with Gasteiger partial charge in [0.15, 0.2) is 0 Å². The maximum atomic E-state index is 13.2. The molecule has 0 radical (unpaired) electrons. The van der Waals surface area contributed by atoms with Gasteiger partial charge in [-0.1, -0.05) is 80.3 Å². The molecule has 1 aliphatic carbocycles. The second-order valence-corrected chi connectivity index (χ2v) is 13.0. The topological polar surface area (TPSA) is 26.3 Å². The Bertz CT molecular complexity index is 721. The van der Waals surface area contributed by atoms with Gasteiger partial charge in [0, 0.05) is 5.04 Å². The Morgan fingerprint density at radius 3 is 1.92 bits per heavy atom. The largest absolute Gasteiger partial charge is 0.465 e. The summed E-state index contributed by atoms with van der Waals surface area (Å²) in [6, 6.07) is 20.8. The fourth-order valence-electron chi connectivity index (χ4n) is 4.45. The molecule has 126 valence electrons. The van der Waals surface area contributed by atoms with E-state index in [4.69, 9.17) is 4.74 Å². The first-order chi connectivity index (χ1) is 11.4. The van der Waals surface area contributed by atoms with Crippen LogP contribution in [0.2, 0.25) is 19.6 Å². The van der Waals surface area contributed by atoms with E-state index >= 15 is 0 Å². The van der Waals surface area contributed by atoms with Gasteiger partial charge in [0.25, 0.3) is 0 Å². The molecule has 2 aromatic rings. The van der Waals surface area contributed by atoms with Crippen LogP contribution >= 0.6 is 0 Å². The Morgan fingerprint density at radius 2 is 1.46 bits per heavy atom. The van der Waals surface area contributed by atoms with Crippen molar-refractivity contribution in [3.63, 3.8) is 0 Å². The highest BCUT2D eigenvalue weighted by molar-refractivity contribution is 6.81. The van der Waals surface area contributed by atoms with Crippen molar-refractivity contribution in [2.75, 3.05) is 6.61 Å². The zero-order valence-electron chi connectivity index (χ0n) is 15.0. The molecule has 0 spiro atoms. The highest BCUT2D eigenvalue weighted by Gasteiger charge is 2.78. The first-order valence-corrected chi connectivity index (χ1v) is 12.2. The molecule has 0 aromatic heterocycles. The van der Waals surface area contributed by atoms with E-state index in [1.807, 2.05) is 31.2 Å². The van der Waals surface area contributed by atoms with Crippen LogP contribution < -0.4 is 0 Å². The summed E-state index contributed by atoms with van der Waals surface area (Å²) < 4.78 is 5.58. The van der Waals surface area contributed by atoms with Gasteiger partial charge in [-0.3, -0.25) is 4.79 Å². The van der Waals surface area contributed by atoms with E-state index in [1.54, 1.807) is 0 Å². The van der Waals surface area contributed by atoms with Crippen LogP contribution in [0.15, 0.2) is 60.7 Å². The van der Waals surface area contributed by atoms with Crippen LogP contribution in [0.1, 0.15) is 24.5 Å². The summed E-state index contributed by atoms with van der Waals surface area (Å²) in [5.41, 5.74) is 1.83. The molecule has 0 unspecified atom stereocenters. The molecule has 1 saturated carbocycles. The normalized spacial score (nSPS) is 26.0. The summed E-state index contributed by atoms with van der Waals surface area (Å²) in [5.74, 6) is -0.0671. The second kappa shape index (κ2) is 5.89. The SMILES string of the molecule is CCOC(=O)[C@@]1(c2ccccc2)C[C@@]1(c1ccccc1)[Si](C)(C)C. The van der Waals surface area contributed by atoms with Gasteiger partial charge in [0.2, 0.25) is 0 Å². The first kappa shape index (κ1) is 17.0. The monoisotopic (exact) mass is 338 g/mol. The number of rotatable bonds is 5. The minimum absolute atomic E-state index is 0.0671. The number of ether oxygens (including phenoxy) is 1. The third-order valence-corrected chi connectivity index (χ3v) is 9.02. The smallest absolute Gasteiger partial charge is 0.317 e. The molecular formula is C21H26O2Si. The third kappa shape index (κ3) is 2.26. The van der Waals surface area contributed by atoms with Crippen LogP contribution in [0, 0.1) is 0 Å². The van der Waals surface area contributed by atoms with Crippen LogP contribution in [-0.4, -0.2) is 20.7 Å². The summed E-state index contributed by atoms with van der Waals surface area (Å²) in [5, 5.41) is -0.116. The Labute approximate surface area is 145 Å². The number of carbonyl (C=O) groups is 1. The highest BCUT2D eigenvalue weighted by Crippen LogP contribution is 2.70. The molecule has 0 bridgehead atoms. The van der Waals surface area contributed by atoms with Crippen LogP contribution in [0.25, 0.3) is 0 Å². The molecule has 0 aliphatic heterocycles. The Hall–Kier alpha value is -1.87. The van der Waals surface area contributed by atoms with Crippen molar-refractivity contribution in [3.8, 4) is 0 Å². The van der Waals surface area contributed by atoms with E-state index in [0.717, 1.165) is 12.0 Å². The van der Waals surface area contributed by atoms with Crippen molar-refractivity contribution < 1.29 is 9.53 Å². The Morgan fingerprint density at radius 1 is 0.958 bits per heavy atom. The number of hydrogen-bond donors (Lipinski definition) is 0. The average Bonchev–Trinajstić information content (AvgIpc) is 3.30. The fraction of sp³-hybridized carbons (Fsp3) is 0.381. The molecule has 0 heterocycles. The minimum Gasteiger partial charge on any atom is -0.465 e. The molecule has 3 rings (SSSR count). The van der Waals surface area contributed by atoms with Crippen LogP contribution in [-0.2, 0) is 20.0 Å². The lowest BCUT2D eigenvalue weighted by Gasteiger charge is -2.35. The lowest BCUT2D eigenvalue weighted by atomic mass is 9.90. The van der Waals surface area contributed by atoms with E-state index in [9.17, 15) is 4.79 Å². The molecular weight excluding hydrogens is 312 g/mol. The number of hydrogen-bond acceptors (Lipinski definition) is 2. The van der Waals surface area contributed by atoms with Gasteiger partial charge in [0.05, 0.1) is 14.7 Å². The molecule has 2 nitrogen and oxygen atoms in total. The van der Waals surface area contributed by atoms with Crippen molar-refractivity contribution in [2.24, 2.45) is 0 Å². The Balaban J connectivity index is 2.23. The van der Waals surface area contributed by atoms with Gasteiger partial charge >= 0.3 is 5.97 Å². The molecule has 1 aliphatic rings. The second-order valence-electron chi connectivity index (χ2n) is 7.69. The third-order valence-electron chi connectivity index (χ3n) is 5.57. The zero-order chi connectivity index (χ0) is 17.4. The van der Waals surface area contributed by atoms with Crippen molar-refractivity contribution in [1.82, 2.24) is 0 Å². The van der Waals surface area contributed by atoms with E-state index in [0.29, 0.717) is 6.61 Å². The highest BCUT2D eigenvalue weighted by atomic mass is 28.3. The average molecular weight is 339 g/mol. The minimum atomic E-state index is -1.73. The zero-order valence-corrected chi connectivity index (χ0v) is 16.0. The predicted octanol–water partition coefficient (Wildman–Crippen LogP) is 4.71. The molecule has 2 aromatic carbocycles. The molecule has 2 atom stereocenters. The van der Waals surface area contributed by atoms with Gasteiger partial charge in [0.1, 0.15) is 5.41 Å². The number of benzene rings is 2. The van der Waals surface area contributed by atoms with Gasteiger partial charge in [-0.15, -0.1) is 0 Å². The lowest BCUT2D eigenvalue weighted by Crippen LogP contribution is -2.47. The van der Waals surface area contributed by atoms with Crippen LogP contribution in [0.3, 0.4) is 0 Å². The molecule has 0 amide bonds. The van der Waals surface area contributed by atoms with E-state index in [-0.39, 0.29) is 11.0 Å². The van der Waals surface area contributed by atoms with Crippen LogP contribution in [0.5, 0.6) is 0 Å². The standard InChI is InChI=1S/C21H26O2Si/c1-5-23-19(22)20(17-12-8-6-9-13-17)16-21(20,24(2,3)4)18-14-10-7-11-15-18/h6-15H,5,16H2,1-4H3/t20-,21-/m0/s1. The summed E-state index contributed by atoms with van der Waals surface area (Å²) in [7, 11) is -1.73. The molecule has 1 fully saturated rings. The first-order valence-electron chi connectivity index (χ1n) is 8.68. The van der Waals surface area contributed by atoms with E-state index in [1.165, 1.54) is 5.56 Å². The lowest BCUT2D eigenvalue weighted by molar-refractivity contribution is -0.146. The summed E-state index contributed by atoms with van der Waals surface area (Å²) in [6.07, 6.45) is 0.850. The summed E-state index contributed by atoms with van der Waals surface area (Å²) >= 11 is 0. The van der Waals surface area contributed by atoms with E-state index < -0.39 is 13.5 Å². The van der Waals surface area contributed by atoms with Crippen molar-refractivity contribution in [2.45, 2.75) is 43.4 Å². The fourth-order valence-corrected chi connectivity index (χ4v) is 7.81. The quantitative estimate of drug-likeness (QED) is 0.583. The molecule has 3 heteroatoms. The number of carbonyl (C=O) groups excluding carboxylic acids is 1. The predicted molar refractivity (Wildman–Crippen MR) is 101 cm³/mol. The number of esters is 1. The van der Waals surface area contributed by atoms with E-state index in [2.05, 4.69) is 56.0 Å². The summed E-state index contributed by atoms with van der Waals surface area (Å²) in [6.45, 7) is 9.40. The van der Waals surface area contributed by atoms with Crippen LogP contribution in [0.4, 0.5) is 0 Å². The van der Waals surface area contributed by atoms with Gasteiger partial charge in [-0.25, -0.2) is 0 Å². The maximum Gasteiger partial charge on any atom is 0.317 e.